The zero-order valence-corrected chi connectivity index (χ0v) is 6.96. The van der Waals surface area contributed by atoms with Crippen molar-refractivity contribution >= 4 is 5.97 Å². The molecule has 3 nitrogen and oxygen atoms in total. The third-order valence-electron chi connectivity index (χ3n) is 1.95. The number of hydrogen-bond acceptors (Lipinski definition) is 2. The Labute approximate surface area is 66.4 Å². The van der Waals surface area contributed by atoms with Crippen molar-refractivity contribution in [2.75, 3.05) is 6.61 Å². The van der Waals surface area contributed by atoms with Crippen LogP contribution in [-0.2, 0) is 9.53 Å². The Hall–Kier alpha value is -0.570. The van der Waals surface area contributed by atoms with E-state index >= 15 is 0 Å². The number of ether oxygens (including phenoxy) is 1. The van der Waals surface area contributed by atoms with Gasteiger partial charge in [-0.1, -0.05) is 0 Å². The van der Waals surface area contributed by atoms with Gasteiger partial charge in [0.1, 0.15) is 0 Å². The second kappa shape index (κ2) is 2.81. The van der Waals surface area contributed by atoms with Gasteiger partial charge in [0, 0.05) is 0 Å². The SMILES string of the molecule is CC1(C)CC(CC(=O)O)CO1. The molecule has 64 valence electrons. The van der Waals surface area contributed by atoms with Crippen LogP contribution in [0.5, 0.6) is 0 Å². The van der Waals surface area contributed by atoms with Crippen LogP contribution in [0.15, 0.2) is 0 Å². The molecule has 1 heterocycles. The summed E-state index contributed by atoms with van der Waals surface area (Å²) in [4.78, 5) is 10.3. The summed E-state index contributed by atoms with van der Waals surface area (Å²) >= 11 is 0. The summed E-state index contributed by atoms with van der Waals surface area (Å²) in [7, 11) is 0. The number of carbonyl (C=O) groups is 1. The summed E-state index contributed by atoms with van der Waals surface area (Å²) < 4.78 is 5.39. The predicted molar refractivity (Wildman–Crippen MR) is 40.4 cm³/mol. The lowest BCUT2D eigenvalue weighted by molar-refractivity contribution is -0.138. The molecule has 11 heavy (non-hydrogen) atoms. The maximum absolute atomic E-state index is 10.3. The van der Waals surface area contributed by atoms with Gasteiger partial charge in [-0.05, 0) is 26.2 Å². The number of hydrogen-bond donors (Lipinski definition) is 1. The van der Waals surface area contributed by atoms with Gasteiger partial charge in [-0.15, -0.1) is 0 Å². The van der Waals surface area contributed by atoms with E-state index in [2.05, 4.69) is 0 Å². The third-order valence-corrected chi connectivity index (χ3v) is 1.95. The number of carboxylic acid groups (broad SMARTS) is 1. The largest absolute Gasteiger partial charge is 0.481 e. The normalized spacial score (nSPS) is 28.7. The molecule has 1 unspecified atom stereocenters. The van der Waals surface area contributed by atoms with E-state index in [0.717, 1.165) is 6.42 Å². The van der Waals surface area contributed by atoms with Gasteiger partial charge in [0.15, 0.2) is 0 Å². The van der Waals surface area contributed by atoms with Crippen molar-refractivity contribution in [3.8, 4) is 0 Å². The van der Waals surface area contributed by atoms with Crippen LogP contribution >= 0.6 is 0 Å². The summed E-state index contributed by atoms with van der Waals surface area (Å²) in [6.07, 6.45) is 1.10. The topological polar surface area (TPSA) is 46.5 Å². The molecule has 1 saturated heterocycles. The Morgan fingerprint density at radius 3 is 2.73 bits per heavy atom. The minimum Gasteiger partial charge on any atom is -0.481 e. The monoisotopic (exact) mass is 158 g/mol. The lowest BCUT2D eigenvalue weighted by Gasteiger charge is -2.15. The fourth-order valence-electron chi connectivity index (χ4n) is 1.53. The molecule has 1 N–H and O–H groups in total. The lowest BCUT2D eigenvalue weighted by Crippen LogP contribution is -2.17. The van der Waals surface area contributed by atoms with E-state index in [-0.39, 0.29) is 17.9 Å². The second-order valence-electron chi connectivity index (χ2n) is 3.74. The molecule has 0 aromatic heterocycles. The van der Waals surface area contributed by atoms with Crippen molar-refractivity contribution in [1.29, 1.82) is 0 Å². The van der Waals surface area contributed by atoms with E-state index in [1.807, 2.05) is 13.8 Å². The molecule has 1 aliphatic rings. The molecule has 0 radical (unpaired) electrons. The summed E-state index contributed by atoms with van der Waals surface area (Å²) in [5.41, 5.74) is -0.111. The van der Waals surface area contributed by atoms with Crippen LogP contribution in [0.25, 0.3) is 0 Å². The molecule has 0 aromatic rings. The quantitative estimate of drug-likeness (QED) is 0.658. The minimum atomic E-state index is -0.726. The van der Waals surface area contributed by atoms with E-state index in [4.69, 9.17) is 9.84 Å². The van der Waals surface area contributed by atoms with Crippen LogP contribution in [0.1, 0.15) is 26.7 Å². The zero-order valence-electron chi connectivity index (χ0n) is 6.96. The summed E-state index contributed by atoms with van der Waals surface area (Å²) in [6, 6.07) is 0. The average Bonchev–Trinajstić information content (AvgIpc) is 2.08. The fourth-order valence-corrected chi connectivity index (χ4v) is 1.53. The predicted octanol–water partition coefficient (Wildman–Crippen LogP) is 1.28. The van der Waals surface area contributed by atoms with Crippen molar-refractivity contribution in [2.24, 2.45) is 5.92 Å². The molecule has 0 spiro atoms. The van der Waals surface area contributed by atoms with Crippen LogP contribution in [0.4, 0.5) is 0 Å². The molecule has 0 amide bonds. The smallest absolute Gasteiger partial charge is 0.303 e. The van der Waals surface area contributed by atoms with Gasteiger partial charge in [-0.3, -0.25) is 4.79 Å². The van der Waals surface area contributed by atoms with E-state index in [1.54, 1.807) is 0 Å². The summed E-state index contributed by atoms with van der Waals surface area (Å²) in [5, 5.41) is 8.49. The third kappa shape index (κ3) is 2.50. The van der Waals surface area contributed by atoms with Crippen LogP contribution in [0.2, 0.25) is 0 Å². The molecule has 0 aromatic carbocycles. The van der Waals surface area contributed by atoms with Crippen molar-refractivity contribution in [3.05, 3.63) is 0 Å². The first-order valence-electron chi connectivity index (χ1n) is 3.85. The Kier molecular flexibility index (Phi) is 2.18. The van der Waals surface area contributed by atoms with E-state index in [9.17, 15) is 4.79 Å². The van der Waals surface area contributed by atoms with Gasteiger partial charge in [0.05, 0.1) is 18.6 Å². The van der Waals surface area contributed by atoms with E-state index in [0.29, 0.717) is 6.61 Å². The molecule has 1 rings (SSSR count). The molecule has 3 heteroatoms. The van der Waals surface area contributed by atoms with Crippen LogP contribution in [0, 0.1) is 5.92 Å². The van der Waals surface area contributed by atoms with E-state index in [1.165, 1.54) is 0 Å². The Balaban J connectivity index is 2.36. The minimum absolute atomic E-state index is 0.111. The first-order valence-corrected chi connectivity index (χ1v) is 3.85. The molecule has 1 fully saturated rings. The molecule has 0 saturated carbocycles. The highest BCUT2D eigenvalue weighted by atomic mass is 16.5. The molecule has 1 atom stereocenters. The summed E-state index contributed by atoms with van der Waals surface area (Å²) in [6.45, 7) is 4.59. The van der Waals surface area contributed by atoms with Gasteiger partial charge in [-0.25, -0.2) is 0 Å². The molecular weight excluding hydrogens is 144 g/mol. The molecular formula is C8H14O3. The second-order valence-corrected chi connectivity index (χ2v) is 3.74. The molecule has 0 bridgehead atoms. The van der Waals surface area contributed by atoms with E-state index < -0.39 is 5.97 Å². The molecule has 0 aliphatic carbocycles. The first-order chi connectivity index (χ1) is 4.99. The van der Waals surface area contributed by atoms with Gasteiger partial charge in [-0.2, -0.15) is 0 Å². The van der Waals surface area contributed by atoms with Gasteiger partial charge in [0.2, 0.25) is 0 Å². The number of carboxylic acids is 1. The maximum Gasteiger partial charge on any atom is 0.303 e. The number of aliphatic carboxylic acids is 1. The van der Waals surface area contributed by atoms with Crippen LogP contribution in [-0.4, -0.2) is 23.3 Å². The molecule has 1 aliphatic heterocycles. The Morgan fingerprint density at radius 1 is 1.73 bits per heavy atom. The van der Waals surface area contributed by atoms with Crippen LogP contribution < -0.4 is 0 Å². The number of rotatable bonds is 2. The Bertz CT molecular complexity index is 163. The maximum atomic E-state index is 10.3. The van der Waals surface area contributed by atoms with Crippen LogP contribution in [0.3, 0.4) is 0 Å². The highest BCUT2D eigenvalue weighted by Crippen LogP contribution is 2.30. The Morgan fingerprint density at radius 2 is 2.36 bits per heavy atom. The van der Waals surface area contributed by atoms with Gasteiger partial charge in [0.25, 0.3) is 0 Å². The van der Waals surface area contributed by atoms with Gasteiger partial charge >= 0.3 is 5.97 Å². The highest BCUT2D eigenvalue weighted by molar-refractivity contribution is 5.67. The zero-order chi connectivity index (χ0) is 8.48. The van der Waals surface area contributed by atoms with Crippen molar-refractivity contribution < 1.29 is 14.6 Å². The average molecular weight is 158 g/mol. The fraction of sp³-hybridized carbons (Fsp3) is 0.875. The van der Waals surface area contributed by atoms with Crippen molar-refractivity contribution in [1.82, 2.24) is 0 Å². The highest BCUT2D eigenvalue weighted by Gasteiger charge is 2.32. The summed E-state index contributed by atoms with van der Waals surface area (Å²) in [5.74, 6) is -0.515. The standard InChI is InChI=1S/C8H14O3/c1-8(2)4-6(5-11-8)3-7(9)10/h6H,3-5H2,1-2H3,(H,9,10). The van der Waals surface area contributed by atoms with Crippen molar-refractivity contribution in [2.45, 2.75) is 32.3 Å². The lowest BCUT2D eigenvalue weighted by atomic mass is 9.95. The van der Waals surface area contributed by atoms with Crippen molar-refractivity contribution in [3.63, 3.8) is 0 Å². The first kappa shape index (κ1) is 8.53. The van der Waals surface area contributed by atoms with Gasteiger partial charge < -0.3 is 9.84 Å².